The predicted molar refractivity (Wildman–Crippen MR) is 80.1 cm³/mol. The van der Waals surface area contributed by atoms with E-state index in [4.69, 9.17) is 5.11 Å². The quantitative estimate of drug-likeness (QED) is 0.694. The van der Waals surface area contributed by atoms with Crippen molar-refractivity contribution >= 4 is 33.6 Å². The molecule has 0 bridgehead atoms. The van der Waals surface area contributed by atoms with Crippen LogP contribution in [0.2, 0.25) is 0 Å². The Balaban J connectivity index is 1.87. The molecule has 0 atom stereocenters. The molecule has 0 spiro atoms. The Morgan fingerprint density at radius 3 is 2.75 bits per heavy atom. The van der Waals surface area contributed by atoms with Gasteiger partial charge in [0.05, 0.1) is 11.3 Å². The molecule has 0 aliphatic heterocycles. The van der Waals surface area contributed by atoms with E-state index in [0.717, 1.165) is 18.8 Å². The fourth-order valence-electron chi connectivity index (χ4n) is 1.99. The van der Waals surface area contributed by atoms with Gasteiger partial charge in [0, 0.05) is 11.0 Å². The lowest BCUT2D eigenvalue weighted by atomic mass is 10.2. The second-order valence-corrected chi connectivity index (χ2v) is 5.79. The summed E-state index contributed by atoms with van der Waals surface area (Å²) in [6, 6.07) is 4.38. The molecule has 1 saturated carbocycles. The van der Waals surface area contributed by atoms with Crippen molar-refractivity contribution in [1.29, 1.82) is 0 Å². The molecular weight excluding hydrogens is 324 g/mol. The lowest BCUT2D eigenvalue weighted by Crippen LogP contribution is -2.30. The minimum absolute atomic E-state index is 0.0625. The van der Waals surface area contributed by atoms with Crippen LogP contribution in [-0.2, 0) is 0 Å². The number of urea groups is 1. The number of carbonyl (C=O) groups excluding carboxylic acids is 1. The van der Waals surface area contributed by atoms with Crippen LogP contribution in [0.4, 0.5) is 10.5 Å². The van der Waals surface area contributed by atoms with Gasteiger partial charge in [-0.1, -0.05) is 18.9 Å². The van der Waals surface area contributed by atoms with Crippen LogP contribution >= 0.6 is 15.9 Å². The third-order valence-corrected chi connectivity index (χ3v) is 3.92. The molecule has 0 saturated heterocycles. The van der Waals surface area contributed by atoms with E-state index in [9.17, 15) is 9.59 Å². The Bertz CT molecular complexity index is 515. The van der Waals surface area contributed by atoms with E-state index >= 15 is 0 Å². The molecule has 2 rings (SSSR count). The van der Waals surface area contributed by atoms with Crippen LogP contribution in [0, 0.1) is 5.92 Å². The molecule has 20 heavy (non-hydrogen) atoms. The zero-order chi connectivity index (χ0) is 14.5. The van der Waals surface area contributed by atoms with Crippen LogP contribution < -0.4 is 10.6 Å². The molecule has 1 aromatic rings. The van der Waals surface area contributed by atoms with Crippen LogP contribution in [0.15, 0.2) is 22.7 Å². The van der Waals surface area contributed by atoms with Gasteiger partial charge < -0.3 is 15.7 Å². The molecule has 0 radical (unpaired) electrons. The smallest absolute Gasteiger partial charge is 0.337 e. The SMILES string of the molecule is O=C(NCCCC1CC1)Nc1c(Br)cccc1C(=O)O. The van der Waals surface area contributed by atoms with E-state index in [-0.39, 0.29) is 17.3 Å². The highest BCUT2D eigenvalue weighted by molar-refractivity contribution is 9.10. The Morgan fingerprint density at radius 1 is 1.35 bits per heavy atom. The average Bonchev–Trinajstić information content (AvgIpc) is 3.21. The standard InChI is InChI=1S/C14H17BrN2O3/c15-11-5-1-4-10(13(18)19)12(11)17-14(20)16-8-2-3-9-6-7-9/h1,4-5,9H,2-3,6-8H2,(H,18,19)(H2,16,17,20). The van der Waals surface area contributed by atoms with Gasteiger partial charge in [0.1, 0.15) is 0 Å². The number of amides is 2. The topological polar surface area (TPSA) is 78.4 Å². The molecule has 0 unspecified atom stereocenters. The van der Waals surface area contributed by atoms with Crippen molar-refractivity contribution < 1.29 is 14.7 Å². The molecule has 108 valence electrons. The van der Waals surface area contributed by atoms with E-state index in [1.54, 1.807) is 12.1 Å². The third-order valence-electron chi connectivity index (χ3n) is 3.25. The van der Waals surface area contributed by atoms with Crippen molar-refractivity contribution in [3.63, 3.8) is 0 Å². The Morgan fingerprint density at radius 2 is 2.10 bits per heavy atom. The molecular formula is C14H17BrN2O3. The molecule has 2 amide bonds. The number of rotatable bonds is 6. The Labute approximate surface area is 125 Å². The largest absolute Gasteiger partial charge is 0.478 e. The summed E-state index contributed by atoms with van der Waals surface area (Å²) in [5, 5.41) is 14.4. The van der Waals surface area contributed by atoms with Gasteiger partial charge in [-0.3, -0.25) is 0 Å². The van der Waals surface area contributed by atoms with Crippen LogP contribution in [-0.4, -0.2) is 23.7 Å². The number of anilines is 1. The second kappa shape index (κ2) is 6.74. The van der Waals surface area contributed by atoms with Gasteiger partial charge in [0.15, 0.2) is 0 Å². The highest BCUT2D eigenvalue weighted by atomic mass is 79.9. The fourth-order valence-corrected chi connectivity index (χ4v) is 2.45. The van der Waals surface area contributed by atoms with Crippen molar-refractivity contribution in [2.24, 2.45) is 5.92 Å². The van der Waals surface area contributed by atoms with E-state index in [1.165, 1.54) is 18.9 Å². The summed E-state index contributed by atoms with van der Waals surface area (Å²) in [6.07, 6.45) is 4.73. The number of hydrogen-bond donors (Lipinski definition) is 3. The summed E-state index contributed by atoms with van der Waals surface area (Å²) in [4.78, 5) is 22.9. The fraction of sp³-hybridized carbons (Fsp3) is 0.429. The first-order valence-corrected chi connectivity index (χ1v) is 7.44. The number of carbonyl (C=O) groups is 2. The first kappa shape index (κ1) is 14.8. The lowest BCUT2D eigenvalue weighted by molar-refractivity contribution is 0.0698. The maximum Gasteiger partial charge on any atom is 0.337 e. The summed E-state index contributed by atoms with van der Waals surface area (Å²) in [5.74, 6) is -0.225. The van der Waals surface area contributed by atoms with Crippen LogP contribution in [0.25, 0.3) is 0 Å². The summed E-state index contributed by atoms with van der Waals surface area (Å²) < 4.78 is 0.547. The van der Waals surface area contributed by atoms with E-state index in [1.807, 2.05) is 0 Å². The zero-order valence-corrected chi connectivity index (χ0v) is 12.6. The minimum Gasteiger partial charge on any atom is -0.478 e. The number of para-hydroxylation sites is 1. The van der Waals surface area contributed by atoms with Gasteiger partial charge in [-0.25, -0.2) is 9.59 Å². The number of halogens is 1. The van der Waals surface area contributed by atoms with Crippen LogP contribution in [0.3, 0.4) is 0 Å². The summed E-state index contributed by atoms with van der Waals surface area (Å²) in [5.41, 5.74) is 0.340. The summed E-state index contributed by atoms with van der Waals surface area (Å²) in [7, 11) is 0. The van der Waals surface area contributed by atoms with Gasteiger partial charge in [-0.05, 0) is 46.8 Å². The Kier molecular flexibility index (Phi) is 5.00. The number of carboxylic acids is 1. The van der Waals surface area contributed by atoms with Gasteiger partial charge in [-0.2, -0.15) is 0 Å². The van der Waals surface area contributed by atoms with E-state index in [0.29, 0.717) is 11.0 Å². The molecule has 1 aromatic carbocycles. The van der Waals surface area contributed by atoms with Crippen molar-refractivity contribution in [2.45, 2.75) is 25.7 Å². The van der Waals surface area contributed by atoms with Gasteiger partial charge in [0.25, 0.3) is 0 Å². The molecule has 1 fully saturated rings. The molecule has 0 heterocycles. The minimum atomic E-state index is -1.07. The molecule has 5 nitrogen and oxygen atoms in total. The van der Waals surface area contributed by atoms with Crippen molar-refractivity contribution in [2.75, 3.05) is 11.9 Å². The lowest BCUT2D eigenvalue weighted by Gasteiger charge is -2.11. The Hall–Kier alpha value is -1.56. The monoisotopic (exact) mass is 340 g/mol. The van der Waals surface area contributed by atoms with E-state index < -0.39 is 5.97 Å². The van der Waals surface area contributed by atoms with Crippen LogP contribution in [0.5, 0.6) is 0 Å². The second-order valence-electron chi connectivity index (χ2n) is 4.93. The van der Waals surface area contributed by atoms with Gasteiger partial charge in [0.2, 0.25) is 0 Å². The van der Waals surface area contributed by atoms with Crippen LogP contribution in [0.1, 0.15) is 36.0 Å². The zero-order valence-electron chi connectivity index (χ0n) is 11.0. The van der Waals surface area contributed by atoms with Crippen molar-refractivity contribution in [1.82, 2.24) is 5.32 Å². The predicted octanol–water partition coefficient (Wildman–Crippen LogP) is 3.46. The maximum atomic E-state index is 11.8. The van der Waals surface area contributed by atoms with E-state index in [2.05, 4.69) is 26.6 Å². The average molecular weight is 341 g/mol. The normalized spacial score (nSPS) is 13.8. The first-order valence-electron chi connectivity index (χ1n) is 6.64. The third kappa shape index (κ3) is 4.23. The molecule has 6 heteroatoms. The van der Waals surface area contributed by atoms with Gasteiger partial charge in [-0.15, -0.1) is 0 Å². The maximum absolute atomic E-state index is 11.8. The highest BCUT2D eigenvalue weighted by Crippen LogP contribution is 2.33. The van der Waals surface area contributed by atoms with Crippen molar-refractivity contribution in [3.8, 4) is 0 Å². The number of aromatic carboxylic acids is 1. The molecule has 3 N–H and O–H groups in total. The number of hydrogen-bond acceptors (Lipinski definition) is 2. The van der Waals surface area contributed by atoms with Gasteiger partial charge >= 0.3 is 12.0 Å². The number of benzene rings is 1. The molecule has 1 aliphatic carbocycles. The number of nitrogens with one attached hydrogen (secondary N) is 2. The number of carboxylic acid groups (broad SMARTS) is 1. The summed E-state index contributed by atoms with van der Waals surface area (Å²) >= 11 is 3.25. The molecule has 1 aliphatic rings. The molecule has 0 aromatic heterocycles. The first-order chi connectivity index (χ1) is 9.58. The van der Waals surface area contributed by atoms with Crippen molar-refractivity contribution in [3.05, 3.63) is 28.2 Å². The highest BCUT2D eigenvalue weighted by Gasteiger charge is 2.20. The summed E-state index contributed by atoms with van der Waals surface area (Å²) in [6.45, 7) is 0.606.